The Morgan fingerprint density at radius 2 is 1.89 bits per heavy atom. The molecular formula is C13H27N3O3. The molecule has 0 aliphatic rings. The van der Waals surface area contributed by atoms with E-state index in [1.807, 2.05) is 13.8 Å². The number of hydrogen-bond donors (Lipinski definition) is 3. The van der Waals surface area contributed by atoms with E-state index >= 15 is 0 Å². The predicted molar refractivity (Wildman–Crippen MR) is 74.6 cm³/mol. The van der Waals surface area contributed by atoms with E-state index in [0.717, 1.165) is 19.3 Å². The standard InChI is InChI=1S/C13H27N3O3/c1-10(5-4-6-11(2)14)13(18)16-9-12(17)15-7-8-19-3/h10-11H,4-9,14H2,1-3H3,(H,15,17)(H,16,18). The SMILES string of the molecule is COCCNC(=O)CNC(=O)C(C)CCCC(C)N. The summed E-state index contributed by atoms with van der Waals surface area (Å²) in [4.78, 5) is 23.1. The third-order valence-corrected chi connectivity index (χ3v) is 2.80. The molecule has 0 rings (SSSR count). The van der Waals surface area contributed by atoms with Crippen molar-refractivity contribution in [1.29, 1.82) is 0 Å². The fourth-order valence-corrected chi connectivity index (χ4v) is 1.57. The lowest BCUT2D eigenvalue weighted by Crippen LogP contribution is -2.40. The van der Waals surface area contributed by atoms with Crippen LogP contribution in [0, 0.1) is 5.92 Å². The summed E-state index contributed by atoms with van der Waals surface area (Å²) in [6.45, 7) is 4.75. The van der Waals surface area contributed by atoms with Gasteiger partial charge in [-0.25, -0.2) is 0 Å². The first-order valence-electron chi connectivity index (χ1n) is 6.76. The van der Waals surface area contributed by atoms with Crippen LogP contribution in [0.1, 0.15) is 33.1 Å². The second-order valence-corrected chi connectivity index (χ2v) is 4.87. The van der Waals surface area contributed by atoms with Crippen LogP contribution in [0.3, 0.4) is 0 Å². The first-order valence-corrected chi connectivity index (χ1v) is 6.76. The van der Waals surface area contributed by atoms with Crippen molar-refractivity contribution in [2.75, 3.05) is 26.8 Å². The topological polar surface area (TPSA) is 93.5 Å². The largest absolute Gasteiger partial charge is 0.383 e. The van der Waals surface area contributed by atoms with E-state index in [1.54, 1.807) is 7.11 Å². The van der Waals surface area contributed by atoms with Crippen molar-refractivity contribution in [2.45, 2.75) is 39.2 Å². The van der Waals surface area contributed by atoms with Crippen LogP contribution in [0.5, 0.6) is 0 Å². The lowest BCUT2D eigenvalue weighted by molar-refractivity contribution is -0.128. The smallest absolute Gasteiger partial charge is 0.239 e. The molecule has 4 N–H and O–H groups in total. The van der Waals surface area contributed by atoms with Crippen molar-refractivity contribution < 1.29 is 14.3 Å². The third-order valence-electron chi connectivity index (χ3n) is 2.80. The molecule has 0 radical (unpaired) electrons. The van der Waals surface area contributed by atoms with E-state index in [0.29, 0.717) is 13.2 Å². The number of carbonyl (C=O) groups excluding carboxylic acids is 2. The van der Waals surface area contributed by atoms with Crippen molar-refractivity contribution in [2.24, 2.45) is 11.7 Å². The summed E-state index contributed by atoms with van der Waals surface area (Å²) >= 11 is 0. The molecular weight excluding hydrogens is 246 g/mol. The fourth-order valence-electron chi connectivity index (χ4n) is 1.57. The Morgan fingerprint density at radius 3 is 2.47 bits per heavy atom. The number of hydrogen-bond acceptors (Lipinski definition) is 4. The van der Waals surface area contributed by atoms with Gasteiger partial charge in [0.05, 0.1) is 13.2 Å². The fraction of sp³-hybridized carbons (Fsp3) is 0.846. The van der Waals surface area contributed by atoms with Crippen LogP contribution >= 0.6 is 0 Å². The molecule has 0 aromatic rings. The van der Waals surface area contributed by atoms with Gasteiger partial charge in [-0.1, -0.05) is 13.3 Å². The molecule has 2 atom stereocenters. The van der Waals surface area contributed by atoms with Crippen LogP contribution in [0.15, 0.2) is 0 Å². The van der Waals surface area contributed by atoms with Gasteiger partial charge in [-0.05, 0) is 19.8 Å². The number of carbonyl (C=O) groups is 2. The van der Waals surface area contributed by atoms with E-state index in [4.69, 9.17) is 10.5 Å². The first-order chi connectivity index (χ1) is 8.97. The zero-order valence-corrected chi connectivity index (χ0v) is 12.2. The molecule has 6 heteroatoms. The molecule has 0 fully saturated rings. The Bertz CT molecular complexity index is 270. The Balaban J connectivity index is 3.69. The molecule has 112 valence electrons. The minimum atomic E-state index is -0.201. The van der Waals surface area contributed by atoms with Gasteiger partial charge >= 0.3 is 0 Å². The van der Waals surface area contributed by atoms with Crippen LogP contribution in [0.25, 0.3) is 0 Å². The highest BCUT2D eigenvalue weighted by Gasteiger charge is 2.13. The minimum absolute atomic E-state index is 0.0141. The molecule has 0 saturated carbocycles. The van der Waals surface area contributed by atoms with Gasteiger partial charge in [0, 0.05) is 25.6 Å². The Morgan fingerprint density at radius 1 is 1.21 bits per heavy atom. The van der Waals surface area contributed by atoms with Crippen LogP contribution in [-0.4, -0.2) is 44.7 Å². The van der Waals surface area contributed by atoms with Crippen molar-refractivity contribution >= 4 is 11.8 Å². The molecule has 0 aliphatic carbocycles. The lowest BCUT2D eigenvalue weighted by atomic mass is 10.0. The number of nitrogens with one attached hydrogen (secondary N) is 2. The zero-order valence-electron chi connectivity index (χ0n) is 12.2. The second kappa shape index (κ2) is 10.8. The Hall–Kier alpha value is -1.14. The maximum Gasteiger partial charge on any atom is 0.239 e. The van der Waals surface area contributed by atoms with Crippen LogP contribution < -0.4 is 16.4 Å². The molecule has 6 nitrogen and oxygen atoms in total. The number of methoxy groups -OCH3 is 1. The van der Waals surface area contributed by atoms with Crippen molar-refractivity contribution in [1.82, 2.24) is 10.6 Å². The number of ether oxygens (including phenoxy) is 1. The average molecular weight is 273 g/mol. The highest BCUT2D eigenvalue weighted by molar-refractivity contribution is 5.85. The molecule has 2 unspecified atom stereocenters. The van der Waals surface area contributed by atoms with Crippen LogP contribution in [0.4, 0.5) is 0 Å². The second-order valence-electron chi connectivity index (χ2n) is 4.87. The molecule has 2 amide bonds. The van der Waals surface area contributed by atoms with Gasteiger partial charge in [0.15, 0.2) is 0 Å². The summed E-state index contributed by atoms with van der Waals surface area (Å²) < 4.78 is 4.81. The average Bonchev–Trinajstić information content (AvgIpc) is 2.35. The Labute approximate surface area is 115 Å². The van der Waals surface area contributed by atoms with Gasteiger partial charge in [0.2, 0.25) is 11.8 Å². The number of rotatable bonds is 10. The quantitative estimate of drug-likeness (QED) is 0.489. The first kappa shape index (κ1) is 17.9. The monoisotopic (exact) mass is 273 g/mol. The van der Waals surface area contributed by atoms with Crippen molar-refractivity contribution in [3.63, 3.8) is 0 Å². The van der Waals surface area contributed by atoms with Crippen molar-refractivity contribution in [3.05, 3.63) is 0 Å². The predicted octanol–water partition coefficient (Wildman–Crippen LogP) is 0.0188. The van der Waals surface area contributed by atoms with E-state index in [2.05, 4.69) is 10.6 Å². The summed E-state index contributed by atoms with van der Waals surface area (Å²) in [6.07, 6.45) is 2.63. The molecule has 0 heterocycles. The molecule has 0 saturated heterocycles. The van der Waals surface area contributed by atoms with E-state index in [-0.39, 0.29) is 30.3 Å². The molecule has 0 spiro atoms. The highest BCUT2D eigenvalue weighted by Crippen LogP contribution is 2.08. The number of nitrogens with two attached hydrogens (primary N) is 1. The van der Waals surface area contributed by atoms with Crippen molar-refractivity contribution in [3.8, 4) is 0 Å². The van der Waals surface area contributed by atoms with E-state index in [1.165, 1.54) is 0 Å². The summed E-state index contributed by atoms with van der Waals surface area (Å²) in [6, 6.07) is 0.168. The van der Waals surface area contributed by atoms with Gasteiger partial charge in [0.1, 0.15) is 0 Å². The molecule has 0 aromatic carbocycles. The number of amides is 2. The lowest BCUT2D eigenvalue weighted by Gasteiger charge is -2.12. The van der Waals surface area contributed by atoms with Crippen LogP contribution in [0.2, 0.25) is 0 Å². The maximum absolute atomic E-state index is 11.7. The molecule has 0 aromatic heterocycles. The van der Waals surface area contributed by atoms with Gasteiger partial charge < -0.3 is 21.1 Å². The van der Waals surface area contributed by atoms with Gasteiger partial charge in [-0.15, -0.1) is 0 Å². The normalized spacial score (nSPS) is 13.7. The van der Waals surface area contributed by atoms with Gasteiger partial charge in [0.25, 0.3) is 0 Å². The summed E-state index contributed by atoms with van der Waals surface area (Å²) in [5.41, 5.74) is 5.65. The molecule has 19 heavy (non-hydrogen) atoms. The van der Waals surface area contributed by atoms with Gasteiger partial charge in [-0.2, -0.15) is 0 Å². The Kier molecular flexibility index (Phi) is 10.1. The summed E-state index contributed by atoms with van der Waals surface area (Å²) in [5, 5.41) is 5.26. The zero-order chi connectivity index (χ0) is 14.7. The maximum atomic E-state index is 11.7. The third kappa shape index (κ3) is 10.5. The summed E-state index contributed by atoms with van der Waals surface area (Å²) in [7, 11) is 1.57. The highest BCUT2D eigenvalue weighted by atomic mass is 16.5. The molecule has 0 aliphatic heterocycles. The van der Waals surface area contributed by atoms with Crippen LogP contribution in [-0.2, 0) is 14.3 Å². The molecule has 0 bridgehead atoms. The minimum Gasteiger partial charge on any atom is -0.383 e. The van der Waals surface area contributed by atoms with E-state index < -0.39 is 0 Å². The van der Waals surface area contributed by atoms with E-state index in [9.17, 15) is 9.59 Å². The summed E-state index contributed by atoms with van der Waals surface area (Å²) in [5.74, 6) is -0.384. The van der Waals surface area contributed by atoms with Gasteiger partial charge in [-0.3, -0.25) is 9.59 Å².